The van der Waals surface area contributed by atoms with E-state index in [-0.39, 0.29) is 11.6 Å². The second-order valence-corrected chi connectivity index (χ2v) is 7.98. The molecule has 0 saturated carbocycles. The molecule has 2 aliphatic heterocycles. The molecule has 6 rings (SSSR count). The summed E-state index contributed by atoms with van der Waals surface area (Å²) >= 11 is 0. The smallest absolute Gasteiger partial charge is 0.130 e. The van der Waals surface area contributed by atoms with Crippen molar-refractivity contribution in [2.75, 3.05) is 4.90 Å². The molecule has 132 valence electrons. The highest BCUT2D eigenvalue weighted by Crippen LogP contribution is 2.59. The Kier molecular flexibility index (Phi) is 2.67. The summed E-state index contributed by atoms with van der Waals surface area (Å²) in [7, 11) is 0. The molecule has 1 N–H and O–H groups in total. The van der Waals surface area contributed by atoms with Crippen LogP contribution in [0.4, 0.5) is 5.69 Å². The molecule has 0 amide bonds. The molecule has 0 fully saturated rings. The zero-order valence-corrected chi connectivity index (χ0v) is 15.7. The van der Waals surface area contributed by atoms with E-state index >= 15 is 0 Å². The number of benzene rings is 2. The number of aromatic nitrogens is 1. The van der Waals surface area contributed by atoms with Crippen LogP contribution in [-0.4, -0.2) is 4.98 Å². The third-order valence-corrected chi connectivity index (χ3v) is 6.51. The lowest BCUT2D eigenvalue weighted by Gasteiger charge is -2.31. The summed E-state index contributed by atoms with van der Waals surface area (Å²) in [6.45, 7) is 6.63. The van der Waals surface area contributed by atoms with Crippen LogP contribution in [0.1, 0.15) is 46.7 Å². The molecule has 3 aliphatic rings. The normalized spacial score (nSPS) is 23.2. The first-order valence-electron chi connectivity index (χ1n) is 9.54. The molecular weight excluding hydrogens is 330 g/mol. The number of hydrogen-bond acceptors (Lipinski definition) is 3. The average molecular weight is 351 g/mol. The molecule has 2 atom stereocenters. The molecule has 27 heavy (non-hydrogen) atoms. The van der Waals surface area contributed by atoms with E-state index in [1.54, 1.807) is 0 Å². The van der Waals surface area contributed by atoms with Crippen molar-refractivity contribution >= 4 is 5.69 Å². The maximum Gasteiger partial charge on any atom is 0.130 e. The van der Waals surface area contributed by atoms with E-state index in [2.05, 4.69) is 91.9 Å². The molecule has 2 unspecified atom stereocenters. The van der Waals surface area contributed by atoms with E-state index in [0.717, 1.165) is 11.4 Å². The maximum atomic E-state index is 4.82. The van der Waals surface area contributed by atoms with Crippen molar-refractivity contribution in [2.24, 2.45) is 0 Å². The minimum atomic E-state index is -0.184. The van der Waals surface area contributed by atoms with Crippen molar-refractivity contribution in [2.45, 2.75) is 32.4 Å². The van der Waals surface area contributed by atoms with Gasteiger partial charge in [-0.2, -0.15) is 0 Å². The van der Waals surface area contributed by atoms with Gasteiger partial charge in [-0.3, -0.25) is 4.98 Å². The number of nitrogens with one attached hydrogen (secondary N) is 1. The van der Waals surface area contributed by atoms with Crippen LogP contribution in [0.25, 0.3) is 11.1 Å². The Labute approximate surface area is 159 Å². The molecule has 0 saturated heterocycles. The summed E-state index contributed by atoms with van der Waals surface area (Å²) in [4.78, 5) is 7.18. The number of anilines is 1. The van der Waals surface area contributed by atoms with Gasteiger partial charge in [-0.05, 0) is 60.2 Å². The summed E-state index contributed by atoms with van der Waals surface area (Å²) in [6, 6.07) is 17.9. The van der Waals surface area contributed by atoms with E-state index < -0.39 is 0 Å². The van der Waals surface area contributed by atoms with Crippen LogP contribution in [-0.2, 0) is 5.41 Å². The lowest BCUT2D eigenvalue weighted by atomic mass is 9.72. The second-order valence-electron chi connectivity index (χ2n) is 7.98. The molecule has 1 aromatic heterocycles. The van der Waals surface area contributed by atoms with Crippen LogP contribution >= 0.6 is 0 Å². The fraction of sp³-hybridized carbons (Fsp3) is 0.208. The Hall–Kier alpha value is -3.07. The highest BCUT2D eigenvalue weighted by molar-refractivity contribution is 5.88. The van der Waals surface area contributed by atoms with Gasteiger partial charge in [0.1, 0.15) is 6.17 Å². The fourth-order valence-electron chi connectivity index (χ4n) is 5.50. The highest BCUT2D eigenvalue weighted by Gasteiger charge is 2.48. The molecule has 0 spiro atoms. The molecule has 1 aliphatic carbocycles. The van der Waals surface area contributed by atoms with Crippen molar-refractivity contribution < 1.29 is 0 Å². The van der Waals surface area contributed by atoms with Crippen LogP contribution in [0.15, 0.2) is 60.9 Å². The summed E-state index contributed by atoms with van der Waals surface area (Å²) < 4.78 is 0. The average Bonchev–Trinajstić information content (AvgIpc) is 3.22. The van der Waals surface area contributed by atoms with E-state index in [4.69, 9.17) is 4.98 Å². The maximum absolute atomic E-state index is 4.82. The largest absolute Gasteiger partial charge is 0.366 e. The Morgan fingerprint density at radius 2 is 1.81 bits per heavy atom. The predicted octanol–water partition coefficient (Wildman–Crippen LogP) is 4.93. The van der Waals surface area contributed by atoms with E-state index in [0.29, 0.717) is 0 Å². The standard InChI is InChI=1S/C24H21N3/c1-14-13-20-22(15(2)26-14)27-12-11-25-23(27)18-9-6-8-17-16-7-4-5-10-19(16)24(20,3)21(17)18/h4-13,23,25H,1-3H3. The van der Waals surface area contributed by atoms with Crippen molar-refractivity contribution in [1.82, 2.24) is 10.3 Å². The van der Waals surface area contributed by atoms with Gasteiger partial charge in [0.05, 0.1) is 11.4 Å². The van der Waals surface area contributed by atoms with Crippen LogP contribution in [0.2, 0.25) is 0 Å². The van der Waals surface area contributed by atoms with Crippen molar-refractivity contribution in [3.63, 3.8) is 0 Å². The van der Waals surface area contributed by atoms with E-state index in [9.17, 15) is 0 Å². The lowest BCUT2D eigenvalue weighted by Crippen LogP contribution is -2.27. The number of fused-ring (bicyclic) bond motifs is 8. The van der Waals surface area contributed by atoms with Gasteiger partial charge in [-0.25, -0.2) is 0 Å². The first-order valence-corrected chi connectivity index (χ1v) is 9.54. The quantitative estimate of drug-likeness (QED) is 0.623. The van der Waals surface area contributed by atoms with Gasteiger partial charge in [-0.15, -0.1) is 0 Å². The number of nitrogens with zero attached hydrogens (tertiary/aromatic N) is 2. The van der Waals surface area contributed by atoms with E-state index in [1.165, 1.54) is 39.1 Å². The molecule has 0 bridgehead atoms. The van der Waals surface area contributed by atoms with E-state index in [1.807, 2.05) is 0 Å². The SMILES string of the molecule is Cc1cc2c(c(C)n1)N1C=CNC1c1cccc3c1C2(C)c1ccccc1-3. The van der Waals surface area contributed by atoms with Crippen LogP contribution in [0.3, 0.4) is 0 Å². The molecule has 3 aromatic rings. The molecule has 3 heteroatoms. The Morgan fingerprint density at radius 1 is 1.00 bits per heavy atom. The number of rotatable bonds is 0. The van der Waals surface area contributed by atoms with Gasteiger partial charge >= 0.3 is 0 Å². The zero-order chi connectivity index (χ0) is 18.3. The third-order valence-electron chi connectivity index (χ3n) is 6.51. The molecule has 0 radical (unpaired) electrons. The van der Waals surface area contributed by atoms with Crippen LogP contribution in [0.5, 0.6) is 0 Å². The summed E-state index contributed by atoms with van der Waals surface area (Å²) in [5.74, 6) is 0. The third kappa shape index (κ3) is 1.65. The van der Waals surface area contributed by atoms with Gasteiger partial charge in [0.15, 0.2) is 0 Å². The van der Waals surface area contributed by atoms with Crippen molar-refractivity contribution in [3.8, 4) is 11.1 Å². The first-order chi connectivity index (χ1) is 13.1. The summed E-state index contributed by atoms with van der Waals surface area (Å²) in [5, 5.41) is 3.57. The van der Waals surface area contributed by atoms with Gasteiger partial charge < -0.3 is 10.2 Å². The molecular formula is C24H21N3. The minimum Gasteiger partial charge on any atom is -0.366 e. The number of aryl methyl sites for hydroxylation is 2. The molecule has 3 nitrogen and oxygen atoms in total. The fourth-order valence-corrected chi connectivity index (χ4v) is 5.50. The molecule has 2 aromatic carbocycles. The Balaban J connectivity index is 1.84. The monoisotopic (exact) mass is 351 g/mol. The van der Waals surface area contributed by atoms with Crippen LogP contribution in [0, 0.1) is 13.8 Å². The number of hydrogen-bond donors (Lipinski definition) is 1. The van der Waals surface area contributed by atoms with Gasteiger partial charge in [0, 0.05) is 23.5 Å². The topological polar surface area (TPSA) is 28.2 Å². The van der Waals surface area contributed by atoms with Gasteiger partial charge in [0.2, 0.25) is 0 Å². The predicted molar refractivity (Wildman–Crippen MR) is 109 cm³/mol. The minimum absolute atomic E-state index is 0.109. The first kappa shape index (κ1) is 15.0. The van der Waals surface area contributed by atoms with Crippen LogP contribution < -0.4 is 10.2 Å². The van der Waals surface area contributed by atoms with Crippen molar-refractivity contribution in [3.05, 3.63) is 94.6 Å². The van der Waals surface area contributed by atoms with Gasteiger partial charge in [0.25, 0.3) is 0 Å². The zero-order valence-electron chi connectivity index (χ0n) is 15.7. The Bertz CT molecular complexity index is 1160. The second kappa shape index (κ2) is 4.80. The van der Waals surface area contributed by atoms with Gasteiger partial charge in [-0.1, -0.05) is 42.5 Å². The highest BCUT2D eigenvalue weighted by atomic mass is 15.3. The summed E-state index contributed by atoms with van der Waals surface area (Å²) in [6.07, 6.45) is 4.32. The van der Waals surface area contributed by atoms with Crippen molar-refractivity contribution in [1.29, 1.82) is 0 Å². The molecule has 3 heterocycles. The number of pyridine rings is 1. The summed E-state index contributed by atoms with van der Waals surface area (Å²) in [5.41, 5.74) is 11.4. The Morgan fingerprint density at radius 3 is 2.70 bits per heavy atom. The lowest BCUT2D eigenvalue weighted by molar-refractivity contribution is 0.656.